The third-order valence-electron chi connectivity index (χ3n) is 2.05. The molecule has 2 rings (SSSR count). The van der Waals surface area contributed by atoms with Crippen molar-refractivity contribution in [3.05, 3.63) is 33.5 Å². The molecule has 2 aromatic heterocycles. The second kappa shape index (κ2) is 5.02. The maximum Gasteiger partial charge on any atom is 0 e. The molecule has 0 nitrogen and oxygen atoms in total. The van der Waals surface area contributed by atoms with Gasteiger partial charge in [0.15, 0.2) is 0 Å². The molecule has 0 N–H and O–H groups in total. The van der Waals surface area contributed by atoms with Crippen LogP contribution in [0, 0.1) is 26.8 Å². The molecule has 0 aliphatic rings. The van der Waals surface area contributed by atoms with E-state index in [1.54, 1.807) is 0 Å². The van der Waals surface area contributed by atoms with Crippen molar-refractivity contribution < 1.29 is 32.7 Å². The Kier molecular flexibility index (Phi) is 4.51. The van der Waals surface area contributed by atoms with Gasteiger partial charge in [-0.15, -0.1) is 0 Å². The van der Waals surface area contributed by atoms with Crippen molar-refractivity contribution in [1.29, 1.82) is 0 Å². The van der Waals surface area contributed by atoms with Crippen LogP contribution in [0.2, 0.25) is 0 Å². The predicted octanol–water partition coefficient (Wildman–Crippen LogP) is 4.20. The number of rotatable bonds is 1. The fraction of sp³-hybridized carbons (Fsp3) is 0.273. The van der Waals surface area contributed by atoms with Crippen molar-refractivity contribution in [3.63, 3.8) is 0 Å². The molecule has 71 valence electrons. The Bertz CT molecular complexity index is 407. The molecule has 0 saturated heterocycles. The van der Waals surface area contributed by atoms with Crippen LogP contribution in [-0.2, 0) is 32.7 Å². The minimum absolute atomic E-state index is 0. The zero-order valence-electron chi connectivity index (χ0n) is 8.55. The Morgan fingerprint density at radius 2 is 1.79 bits per heavy atom. The first kappa shape index (κ1) is 12.6. The Balaban J connectivity index is 0.000000980. The van der Waals surface area contributed by atoms with Crippen LogP contribution in [0.3, 0.4) is 0 Å². The van der Waals surface area contributed by atoms with Crippen LogP contribution in [0.4, 0.5) is 0 Å². The van der Waals surface area contributed by atoms with Gasteiger partial charge in [-0.1, -0.05) is 40.6 Å². The van der Waals surface area contributed by atoms with Crippen LogP contribution in [0.25, 0.3) is 9.75 Å². The van der Waals surface area contributed by atoms with E-state index in [9.17, 15) is 0 Å². The summed E-state index contributed by atoms with van der Waals surface area (Å²) in [5.41, 5.74) is 1.28. The van der Waals surface area contributed by atoms with Gasteiger partial charge in [0.05, 0.1) is 0 Å². The number of thiophene rings is 2. The van der Waals surface area contributed by atoms with Crippen LogP contribution in [0.15, 0.2) is 12.1 Å². The first-order valence-electron chi connectivity index (χ1n) is 4.23. The van der Waals surface area contributed by atoms with Crippen molar-refractivity contribution in [2.45, 2.75) is 20.8 Å². The van der Waals surface area contributed by atoms with Crippen LogP contribution >= 0.6 is 22.7 Å². The van der Waals surface area contributed by atoms with E-state index < -0.39 is 0 Å². The van der Waals surface area contributed by atoms with Gasteiger partial charge in [0.2, 0.25) is 0 Å². The van der Waals surface area contributed by atoms with Crippen LogP contribution in [0.5, 0.6) is 0 Å². The second-order valence-corrected chi connectivity index (χ2v) is 5.66. The maximum atomic E-state index is 3.40. The van der Waals surface area contributed by atoms with E-state index >= 15 is 0 Å². The van der Waals surface area contributed by atoms with E-state index in [0.29, 0.717) is 0 Å². The van der Waals surface area contributed by atoms with E-state index in [4.69, 9.17) is 0 Å². The van der Waals surface area contributed by atoms with Crippen LogP contribution in [0.1, 0.15) is 15.3 Å². The molecule has 0 aromatic carbocycles. The molecular weight excluding hydrogens is 285 g/mol. The largest absolute Gasteiger partial charge is 0.234 e. The van der Waals surface area contributed by atoms with Gasteiger partial charge < -0.3 is 0 Å². The number of aryl methyl sites for hydroxylation is 3. The molecule has 1 radical (unpaired) electrons. The molecule has 0 bridgehead atoms. The summed E-state index contributed by atoms with van der Waals surface area (Å²) >= 11 is 3.68. The Morgan fingerprint density at radius 3 is 2.21 bits per heavy atom. The quantitative estimate of drug-likeness (QED) is 0.692. The minimum Gasteiger partial charge on any atom is -0.234 e. The monoisotopic (exact) mass is 296 g/mol. The summed E-state index contributed by atoms with van der Waals surface area (Å²) in [6.07, 6.45) is 0. The molecule has 14 heavy (non-hydrogen) atoms. The fourth-order valence-corrected chi connectivity index (χ4v) is 3.08. The zero-order chi connectivity index (χ0) is 9.42. The van der Waals surface area contributed by atoms with E-state index in [2.05, 4.69) is 39.0 Å². The van der Waals surface area contributed by atoms with Gasteiger partial charge in [0.25, 0.3) is 0 Å². The smallest absolute Gasteiger partial charge is 0 e. The molecular formula is C11H11S2Y-. The Morgan fingerprint density at radius 1 is 1.07 bits per heavy atom. The molecule has 0 saturated carbocycles. The summed E-state index contributed by atoms with van der Waals surface area (Å²) in [5.74, 6) is 0. The maximum absolute atomic E-state index is 3.40. The van der Waals surface area contributed by atoms with Crippen molar-refractivity contribution in [2.75, 3.05) is 0 Å². The topological polar surface area (TPSA) is 0 Å². The first-order chi connectivity index (χ1) is 6.16. The molecule has 0 fully saturated rings. The van der Waals surface area contributed by atoms with Crippen molar-refractivity contribution in [3.8, 4) is 9.75 Å². The van der Waals surface area contributed by atoms with Crippen molar-refractivity contribution in [1.82, 2.24) is 0 Å². The molecule has 0 amide bonds. The van der Waals surface area contributed by atoms with Crippen LogP contribution < -0.4 is 0 Å². The molecule has 0 spiro atoms. The molecule has 0 aliphatic carbocycles. The van der Waals surface area contributed by atoms with Gasteiger partial charge in [-0.05, 0) is 11.8 Å². The molecule has 2 aromatic rings. The minimum atomic E-state index is 0. The summed E-state index contributed by atoms with van der Waals surface area (Å²) in [6.45, 7) is 6.41. The number of hydrogen-bond donors (Lipinski definition) is 0. The van der Waals surface area contributed by atoms with E-state index in [1.807, 2.05) is 22.7 Å². The summed E-state index contributed by atoms with van der Waals surface area (Å²) in [5, 5.41) is 0. The van der Waals surface area contributed by atoms with Gasteiger partial charge >= 0.3 is 0 Å². The van der Waals surface area contributed by atoms with Crippen molar-refractivity contribution >= 4 is 22.7 Å². The summed E-state index contributed by atoms with van der Waals surface area (Å²) < 4.78 is 0. The van der Waals surface area contributed by atoms with Crippen LogP contribution in [-0.4, -0.2) is 0 Å². The zero-order valence-corrected chi connectivity index (χ0v) is 13.0. The molecule has 0 unspecified atom stereocenters. The summed E-state index contributed by atoms with van der Waals surface area (Å²) in [4.78, 5) is 5.37. The van der Waals surface area contributed by atoms with E-state index in [1.165, 1.54) is 25.1 Å². The van der Waals surface area contributed by atoms with Gasteiger partial charge in [-0.2, -0.15) is 11.6 Å². The average Bonchev–Trinajstić information content (AvgIpc) is 2.61. The van der Waals surface area contributed by atoms with E-state index in [-0.39, 0.29) is 32.7 Å². The van der Waals surface area contributed by atoms with Gasteiger partial charge in [0, 0.05) is 32.7 Å². The molecule has 0 aliphatic heterocycles. The molecule has 2 heterocycles. The van der Waals surface area contributed by atoms with Gasteiger partial charge in [-0.3, -0.25) is 0 Å². The normalized spacial score (nSPS) is 9.93. The third kappa shape index (κ3) is 2.54. The predicted molar refractivity (Wildman–Crippen MR) is 60.7 cm³/mol. The Labute approximate surface area is 118 Å². The molecule has 3 heteroatoms. The van der Waals surface area contributed by atoms with Crippen molar-refractivity contribution in [2.24, 2.45) is 0 Å². The molecule has 0 atom stereocenters. The second-order valence-electron chi connectivity index (χ2n) is 3.15. The average molecular weight is 296 g/mol. The third-order valence-corrected chi connectivity index (χ3v) is 4.33. The van der Waals surface area contributed by atoms with Gasteiger partial charge in [-0.25, -0.2) is 22.7 Å². The van der Waals surface area contributed by atoms with Gasteiger partial charge in [0.1, 0.15) is 0 Å². The fourth-order valence-electron chi connectivity index (χ4n) is 1.18. The first-order valence-corrected chi connectivity index (χ1v) is 5.86. The SMILES string of the molecule is Cc1ccc(-c2[c-]c(C)c(C)s2)s1.[Y]. The Hall–Kier alpha value is 0.504. The standard InChI is InChI=1S/C11H11S2.Y/c1-7-6-11(13-9(7)3)10-5-4-8(2)12-10;/h4-5H,1-3H3;/q-1;. The summed E-state index contributed by atoms with van der Waals surface area (Å²) in [6, 6.07) is 7.75. The summed E-state index contributed by atoms with van der Waals surface area (Å²) in [7, 11) is 0. The van der Waals surface area contributed by atoms with E-state index in [0.717, 1.165) is 0 Å². The number of hydrogen-bond acceptors (Lipinski definition) is 2.